The second-order valence-corrected chi connectivity index (χ2v) is 6.12. The van der Waals surface area contributed by atoms with Crippen molar-refractivity contribution in [3.05, 3.63) is 89.0 Å². The molecule has 0 radical (unpaired) electrons. The summed E-state index contributed by atoms with van der Waals surface area (Å²) >= 11 is 0. The van der Waals surface area contributed by atoms with E-state index in [4.69, 9.17) is 4.74 Å². The summed E-state index contributed by atoms with van der Waals surface area (Å²) in [5, 5.41) is 4.51. The summed E-state index contributed by atoms with van der Waals surface area (Å²) < 4.78 is 8.55. The first-order chi connectivity index (χ1) is 12.7. The molecule has 4 aromatic rings. The normalized spacial score (nSPS) is 11.0. The smallest absolute Gasteiger partial charge is 0.276 e. The van der Waals surface area contributed by atoms with Crippen molar-refractivity contribution in [1.29, 1.82) is 0 Å². The molecule has 0 N–H and O–H groups in total. The lowest BCUT2D eigenvalue weighted by molar-refractivity contribution is 0.414. The molecule has 0 spiro atoms. The molecule has 4 rings (SSSR count). The molecular formula is C21H19N3O2. The van der Waals surface area contributed by atoms with E-state index in [1.807, 2.05) is 66.9 Å². The molecule has 0 saturated heterocycles. The molecule has 2 aromatic carbocycles. The Labute approximate surface area is 151 Å². The minimum Gasteiger partial charge on any atom is -0.497 e. The van der Waals surface area contributed by atoms with Crippen molar-refractivity contribution >= 4 is 5.52 Å². The van der Waals surface area contributed by atoms with Gasteiger partial charge in [0.1, 0.15) is 11.3 Å². The Balaban J connectivity index is 1.60. The van der Waals surface area contributed by atoms with Gasteiger partial charge < -0.3 is 9.30 Å². The van der Waals surface area contributed by atoms with Gasteiger partial charge in [-0.2, -0.15) is 5.10 Å². The van der Waals surface area contributed by atoms with Crippen LogP contribution in [-0.4, -0.2) is 21.3 Å². The summed E-state index contributed by atoms with van der Waals surface area (Å²) in [7, 11) is 1.65. The molecule has 0 saturated carbocycles. The zero-order valence-corrected chi connectivity index (χ0v) is 14.5. The molecular weight excluding hydrogens is 326 g/mol. The maximum atomic E-state index is 12.8. The number of hydrogen-bond donors (Lipinski definition) is 0. The Hall–Kier alpha value is -3.34. The topological polar surface area (TPSA) is 48.5 Å². The number of aromatic nitrogens is 3. The summed E-state index contributed by atoms with van der Waals surface area (Å²) in [6, 6.07) is 19.6. The van der Waals surface area contributed by atoms with E-state index < -0.39 is 0 Å². The molecule has 26 heavy (non-hydrogen) atoms. The molecule has 0 aliphatic rings. The van der Waals surface area contributed by atoms with E-state index in [1.165, 1.54) is 0 Å². The van der Waals surface area contributed by atoms with Crippen LogP contribution in [0.15, 0.2) is 77.9 Å². The number of rotatable bonds is 5. The first-order valence-electron chi connectivity index (χ1n) is 8.52. The third kappa shape index (κ3) is 3.11. The monoisotopic (exact) mass is 345 g/mol. The number of hydrogen-bond acceptors (Lipinski definition) is 3. The van der Waals surface area contributed by atoms with Crippen LogP contribution in [0.3, 0.4) is 0 Å². The lowest BCUT2D eigenvalue weighted by atomic mass is 10.1. The minimum atomic E-state index is -0.0318. The van der Waals surface area contributed by atoms with Crippen LogP contribution in [0.1, 0.15) is 5.56 Å². The molecule has 0 unspecified atom stereocenters. The highest BCUT2D eigenvalue weighted by molar-refractivity contribution is 5.65. The van der Waals surface area contributed by atoms with Crippen LogP contribution in [0.5, 0.6) is 5.75 Å². The summed E-state index contributed by atoms with van der Waals surface area (Å²) in [6.07, 6.45) is 4.40. The van der Waals surface area contributed by atoms with Crippen molar-refractivity contribution in [3.63, 3.8) is 0 Å². The lowest BCUT2D eigenvalue weighted by Gasteiger charge is -2.07. The van der Waals surface area contributed by atoms with E-state index in [2.05, 4.69) is 5.10 Å². The maximum Gasteiger partial charge on any atom is 0.276 e. The van der Waals surface area contributed by atoms with Crippen molar-refractivity contribution < 1.29 is 4.74 Å². The largest absolute Gasteiger partial charge is 0.497 e. The van der Waals surface area contributed by atoms with Gasteiger partial charge in [0.15, 0.2) is 0 Å². The molecule has 2 aromatic heterocycles. The molecule has 0 bridgehead atoms. The molecule has 0 atom stereocenters. The second kappa shape index (κ2) is 6.88. The van der Waals surface area contributed by atoms with Gasteiger partial charge in [0.2, 0.25) is 0 Å². The van der Waals surface area contributed by atoms with Crippen molar-refractivity contribution in [2.24, 2.45) is 0 Å². The van der Waals surface area contributed by atoms with Gasteiger partial charge in [0, 0.05) is 24.5 Å². The molecule has 0 aliphatic carbocycles. The minimum absolute atomic E-state index is 0.0318. The van der Waals surface area contributed by atoms with Gasteiger partial charge in [-0.1, -0.05) is 42.5 Å². The van der Waals surface area contributed by atoms with Gasteiger partial charge >= 0.3 is 0 Å². The van der Waals surface area contributed by atoms with Gasteiger partial charge in [-0.05, 0) is 30.2 Å². The predicted octanol–water partition coefficient (Wildman–Crippen LogP) is 3.41. The van der Waals surface area contributed by atoms with Crippen molar-refractivity contribution in [3.8, 4) is 17.0 Å². The Bertz CT molecular complexity index is 1080. The van der Waals surface area contributed by atoms with E-state index in [1.54, 1.807) is 22.4 Å². The first-order valence-corrected chi connectivity index (χ1v) is 8.52. The standard InChI is InChI=1S/C21H19N3O2/c1-26-18-9-7-16(8-10-18)11-12-23-13-14-24-20(21(23)25)15-19(22-24)17-5-3-2-4-6-17/h2-10,13-15H,11-12H2,1H3. The Morgan fingerprint density at radius 1 is 1.00 bits per heavy atom. The fraction of sp³-hybridized carbons (Fsp3) is 0.143. The molecule has 5 nitrogen and oxygen atoms in total. The van der Waals surface area contributed by atoms with Gasteiger partial charge in [0.05, 0.1) is 12.8 Å². The van der Waals surface area contributed by atoms with Gasteiger partial charge in [0.25, 0.3) is 5.56 Å². The lowest BCUT2D eigenvalue weighted by Crippen LogP contribution is -2.22. The molecule has 5 heteroatoms. The molecule has 0 aliphatic heterocycles. The van der Waals surface area contributed by atoms with Crippen molar-refractivity contribution in [1.82, 2.24) is 14.2 Å². The van der Waals surface area contributed by atoms with Crippen LogP contribution in [0, 0.1) is 0 Å². The summed E-state index contributed by atoms with van der Waals surface area (Å²) in [5.41, 5.74) is 3.52. The number of methoxy groups -OCH3 is 1. The highest BCUT2D eigenvalue weighted by Gasteiger charge is 2.09. The first kappa shape index (κ1) is 16.1. The number of benzene rings is 2. The molecule has 130 valence electrons. The molecule has 0 amide bonds. The van der Waals surface area contributed by atoms with Gasteiger partial charge in [-0.3, -0.25) is 4.79 Å². The quantitative estimate of drug-likeness (QED) is 0.557. The van der Waals surface area contributed by atoms with Gasteiger partial charge in [-0.15, -0.1) is 0 Å². The van der Waals surface area contributed by atoms with E-state index >= 15 is 0 Å². The average molecular weight is 345 g/mol. The van der Waals surface area contributed by atoms with E-state index in [0.29, 0.717) is 12.1 Å². The molecule has 0 fully saturated rings. The van der Waals surface area contributed by atoms with Crippen LogP contribution in [-0.2, 0) is 13.0 Å². The summed E-state index contributed by atoms with van der Waals surface area (Å²) in [5.74, 6) is 0.833. The van der Waals surface area contributed by atoms with Crippen LogP contribution in [0.4, 0.5) is 0 Å². The fourth-order valence-electron chi connectivity index (χ4n) is 2.99. The maximum absolute atomic E-state index is 12.8. The number of ether oxygens (including phenoxy) is 1. The van der Waals surface area contributed by atoms with Crippen LogP contribution in [0.2, 0.25) is 0 Å². The number of aryl methyl sites for hydroxylation is 2. The van der Waals surface area contributed by atoms with Crippen molar-refractivity contribution in [2.45, 2.75) is 13.0 Å². The summed E-state index contributed by atoms with van der Waals surface area (Å²) in [4.78, 5) is 12.8. The second-order valence-electron chi connectivity index (χ2n) is 6.12. The van der Waals surface area contributed by atoms with Crippen LogP contribution < -0.4 is 10.3 Å². The Morgan fingerprint density at radius 2 is 1.77 bits per heavy atom. The van der Waals surface area contributed by atoms with Crippen molar-refractivity contribution in [2.75, 3.05) is 7.11 Å². The Kier molecular flexibility index (Phi) is 4.27. The van der Waals surface area contributed by atoms with E-state index in [0.717, 1.165) is 29.0 Å². The van der Waals surface area contributed by atoms with Gasteiger partial charge in [-0.25, -0.2) is 4.52 Å². The predicted molar refractivity (Wildman–Crippen MR) is 102 cm³/mol. The molecule has 2 heterocycles. The third-order valence-corrected chi connectivity index (χ3v) is 4.47. The highest BCUT2D eigenvalue weighted by Crippen LogP contribution is 2.17. The number of fused-ring (bicyclic) bond motifs is 1. The Morgan fingerprint density at radius 3 is 2.50 bits per heavy atom. The third-order valence-electron chi connectivity index (χ3n) is 4.47. The van der Waals surface area contributed by atoms with E-state index in [-0.39, 0.29) is 5.56 Å². The van der Waals surface area contributed by atoms with Crippen LogP contribution in [0.25, 0.3) is 16.8 Å². The zero-order chi connectivity index (χ0) is 17.9. The summed E-state index contributed by atoms with van der Waals surface area (Å²) in [6.45, 7) is 0.619. The fourth-order valence-corrected chi connectivity index (χ4v) is 2.99. The SMILES string of the molecule is COc1ccc(CCn2ccn3nc(-c4ccccc4)cc3c2=O)cc1. The zero-order valence-electron chi connectivity index (χ0n) is 14.5. The average Bonchev–Trinajstić information content (AvgIpc) is 3.14. The highest BCUT2D eigenvalue weighted by atomic mass is 16.5. The van der Waals surface area contributed by atoms with E-state index in [9.17, 15) is 4.79 Å². The van der Waals surface area contributed by atoms with Crippen LogP contribution >= 0.6 is 0 Å². The number of nitrogens with zero attached hydrogens (tertiary/aromatic N) is 3.